The number of pyridine rings is 1. The molecule has 2 aliphatic rings. The first kappa shape index (κ1) is 13.2. The highest BCUT2D eigenvalue weighted by Crippen LogP contribution is 2.36. The predicted molar refractivity (Wildman–Crippen MR) is 86.2 cm³/mol. The highest BCUT2D eigenvalue weighted by Gasteiger charge is 2.35. The lowest BCUT2D eigenvalue weighted by atomic mass is 9.96. The van der Waals surface area contributed by atoms with Crippen molar-refractivity contribution in [2.24, 2.45) is 5.92 Å². The van der Waals surface area contributed by atoms with Gasteiger partial charge < -0.3 is 5.32 Å². The van der Waals surface area contributed by atoms with Gasteiger partial charge in [-0.1, -0.05) is 24.3 Å². The lowest BCUT2D eigenvalue weighted by Gasteiger charge is -2.25. The van der Waals surface area contributed by atoms with E-state index in [0.29, 0.717) is 12.0 Å². The summed E-state index contributed by atoms with van der Waals surface area (Å²) in [4.78, 5) is 7.40. The van der Waals surface area contributed by atoms with E-state index in [2.05, 4.69) is 53.7 Å². The van der Waals surface area contributed by atoms with Crippen LogP contribution in [0.3, 0.4) is 0 Å². The molecule has 0 bridgehead atoms. The minimum absolute atomic E-state index is 0.459. The summed E-state index contributed by atoms with van der Waals surface area (Å²) in [5, 5.41) is 4.93. The molecule has 3 heteroatoms. The summed E-state index contributed by atoms with van der Waals surface area (Å²) in [5.74, 6) is 0.685. The predicted octanol–water partition coefficient (Wildman–Crippen LogP) is 2.98. The summed E-state index contributed by atoms with van der Waals surface area (Å²) in [6.45, 7) is 2.31. The number of aromatic nitrogens is 1. The molecule has 0 radical (unpaired) electrons. The number of fused-ring (bicyclic) bond motifs is 1. The number of rotatable bonds is 4. The largest absolute Gasteiger partial charge is 0.314 e. The molecule has 2 atom stereocenters. The molecule has 1 aliphatic carbocycles. The maximum atomic E-state index is 4.93. The number of likely N-dealkylation sites (tertiary alicyclic amines) is 1. The molecule has 1 aromatic heterocycles. The van der Waals surface area contributed by atoms with Gasteiger partial charge in [-0.15, -0.1) is 0 Å². The molecule has 0 spiro atoms. The van der Waals surface area contributed by atoms with E-state index in [9.17, 15) is 0 Å². The minimum atomic E-state index is 0.459. The molecular formula is C18H23N3. The third kappa shape index (κ3) is 2.68. The van der Waals surface area contributed by atoms with Gasteiger partial charge in [0.1, 0.15) is 0 Å². The van der Waals surface area contributed by atoms with E-state index < -0.39 is 0 Å². The molecule has 1 N–H and O–H groups in total. The fourth-order valence-corrected chi connectivity index (χ4v) is 3.56. The second-order valence-corrected chi connectivity index (χ2v) is 6.59. The summed E-state index contributed by atoms with van der Waals surface area (Å²) < 4.78 is 0. The van der Waals surface area contributed by atoms with Gasteiger partial charge in [-0.3, -0.25) is 9.88 Å². The highest BCUT2D eigenvalue weighted by atomic mass is 15.2. The monoisotopic (exact) mass is 281 g/mol. The molecule has 2 aromatic rings. The smallest absolute Gasteiger partial charge is 0.0706 e. The Morgan fingerprint density at radius 3 is 2.86 bits per heavy atom. The molecule has 1 saturated heterocycles. The fourth-order valence-electron chi connectivity index (χ4n) is 3.56. The van der Waals surface area contributed by atoms with E-state index in [0.717, 1.165) is 18.1 Å². The molecule has 1 aliphatic heterocycles. The normalized spacial score (nSPS) is 26.5. The van der Waals surface area contributed by atoms with Gasteiger partial charge in [0.25, 0.3) is 0 Å². The maximum absolute atomic E-state index is 4.93. The topological polar surface area (TPSA) is 28.2 Å². The second kappa shape index (κ2) is 5.39. The summed E-state index contributed by atoms with van der Waals surface area (Å²) in [7, 11) is 2.23. The third-order valence-corrected chi connectivity index (χ3v) is 4.94. The second-order valence-electron chi connectivity index (χ2n) is 6.59. The number of hydrogen-bond donors (Lipinski definition) is 1. The molecule has 0 amide bonds. The van der Waals surface area contributed by atoms with Crippen LogP contribution in [-0.4, -0.2) is 36.1 Å². The van der Waals surface area contributed by atoms with Crippen LogP contribution in [0.5, 0.6) is 0 Å². The molecule has 1 saturated carbocycles. The average Bonchev–Trinajstić information content (AvgIpc) is 3.27. The zero-order valence-electron chi connectivity index (χ0n) is 12.6. The van der Waals surface area contributed by atoms with Gasteiger partial charge in [0.05, 0.1) is 17.3 Å². The van der Waals surface area contributed by atoms with E-state index in [1.54, 1.807) is 0 Å². The van der Waals surface area contributed by atoms with Crippen LogP contribution in [0.2, 0.25) is 0 Å². The highest BCUT2D eigenvalue weighted by molar-refractivity contribution is 5.78. The lowest BCUT2D eigenvalue weighted by Crippen LogP contribution is -2.30. The first-order valence-electron chi connectivity index (χ1n) is 8.10. The van der Waals surface area contributed by atoms with Crippen molar-refractivity contribution >= 4 is 10.9 Å². The van der Waals surface area contributed by atoms with Crippen molar-refractivity contribution in [3.05, 3.63) is 42.1 Å². The Balaban J connectivity index is 1.60. The van der Waals surface area contributed by atoms with Crippen LogP contribution in [-0.2, 0) is 0 Å². The Kier molecular flexibility index (Phi) is 3.40. The number of nitrogens with zero attached hydrogens (tertiary/aromatic N) is 2. The van der Waals surface area contributed by atoms with Crippen LogP contribution in [0.25, 0.3) is 10.9 Å². The van der Waals surface area contributed by atoms with Crippen molar-refractivity contribution in [1.29, 1.82) is 0 Å². The Morgan fingerprint density at radius 2 is 2.00 bits per heavy atom. The van der Waals surface area contributed by atoms with Gasteiger partial charge in [-0.05, 0) is 50.9 Å². The minimum Gasteiger partial charge on any atom is -0.314 e. The Labute approximate surface area is 126 Å². The molecule has 2 heterocycles. The molecule has 1 aromatic carbocycles. The maximum Gasteiger partial charge on any atom is 0.0706 e. The van der Waals surface area contributed by atoms with E-state index >= 15 is 0 Å². The van der Waals surface area contributed by atoms with Gasteiger partial charge in [-0.25, -0.2) is 0 Å². The SMILES string of the molecule is CN1CCC(CNC2CC2)C1c1ccc2ccccc2n1. The molecule has 2 fully saturated rings. The first-order valence-corrected chi connectivity index (χ1v) is 8.10. The van der Waals surface area contributed by atoms with Crippen LogP contribution in [0.15, 0.2) is 36.4 Å². The Hall–Kier alpha value is -1.45. The van der Waals surface area contributed by atoms with Crippen molar-refractivity contribution < 1.29 is 0 Å². The van der Waals surface area contributed by atoms with Crippen molar-refractivity contribution in [2.75, 3.05) is 20.1 Å². The van der Waals surface area contributed by atoms with Gasteiger partial charge in [0, 0.05) is 18.0 Å². The number of benzene rings is 1. The number of nitrogens with one attached hydrogen (secondary N) is 1. The van der Waals surface area contributed by atoms with Crippen molar-refractivity contribution in [2.45, 2.75) is 31.3 Å². The van der Waals surface area contributed by atoms with Crippen molar-refractivity contribution in [3.8, 4) is 0 Å². The summed E-state index contributed by atoms with van der Waals surface area (Å²) in [6, 6.07) is 14.1. The van der Waals surface area contributed by atoms with E-state index in [4.69, 9.17) is 4.98 Å². The van der Waals surface area contributed by atoms with Gasteiger partial charge in [0.2, 0.25) is 0 Å². The number of para-hydroxylation sites is 1. The summed E-state index contributed by atoms with van der Waals surface area (Å²) in [6.07, 6.45) is 4.00. The quantitative estimate of drug-likeness (QED) is 0.934. The zero-order valence-corrected chi connectivity index (χ0v) is 12.6. The van der Waals surface area contributed by atoms with Gasteiger partial charge in [0.15, 0.2) is 0 Å². The average molecular weight is 281 g/mol. The molecule has 110 valence electrons. The van der Waals surface area contributed by atoms with Crippen molar-refractivity contribution in [3.63, 3.8) is 0 Å². The first-order chi connectivity index (χ1) is 10.3. The zero-order chi connectivity index (χ0) is 14.2. The van der Waals surface area contributed by atoms with E-state index in [1.165, 1.54) is 36.9 Å². The molecule has 4 rings (SSSR count). The van der Waals surface area contributed by atoms with Crippen LogP contribution in [0, 0.1) is 5.92 Å². The van der Waals surface area contributed by atoms with Gasteiger partial charge >= 0.3 is 0 Å². The molecule has 2 unspecified atom stereocenters. The van der Waals surface area contributed by atoms with Gasteiger partial charge in [-0.2, -0.15) is 0 Å². The lowest BCUT2D eigenvalue weighted by molar-refractivity contribution is 0.267. The Bertz CT molecular complexity index is 635. The van der Waals surface area contributed by atoms with Crippen LogP contribution >= 0.6 is 0 Å². The molecule has 3 nitrogen and oxygen atoms in total. The van der Waals surface area contributed by atoms with Crippen LogP contribution in [0.1, 0.15) is 31.0 Å². The van der Waals surface area contributed by atoms with Crippen molar-refractivity contribution in [1.82, 2.24) is 15.2 Å². The summed E-state index contributed by atoms with van der Waals surface area (Å²) >= 11 is 0. The van der Waals surface area contributed by atoms with Crippen LogP contribution < -0.4 is 5.32 Å². The molecule has 21 heavy (non-hydrogen) atoms. The molecular weight excluding hydrogens is 258 g/mol. The number of hydrogen-bond acceptors (Lipinski definition) is 3. The fraction of sp³-hybridized carbons (Fsp3) is 0.500. The van der Waals surface area contributed by atoms with E-state index in [1.807, 2.05) is 0 Å². The third-order valence-electron chi connectivity index (χ3n) is 4.94. The van der Waals surface area contributed by atoms with Crippen LogP contribution in [0.4, 0.5) is 0 Å². The summed E-state index contributed by atoms with van der Waals surface area (Å²) in [5.41, 5.74) is 2.35. The van der Waals surface area contributed by atoms with E-state index in [-0.39, 0.29) is 0 Å². The standard InChI is InChI=1S/C18H23N3/c1-21-11-10-14(12-19-15-7-8-15)18(21)17-9-6-13-4-2-3-5-16(13)20-17/h2-6,9,14-15,18-19H,7-8,10-12H2,1H3. The Morgan fingerprint density at radius 1 is 1.14 bits per heavy atom.